The second-order valence-electron chi connectivity index (χ2n) is 9.42. The van der Waals surface area contributed by atoms with Gasteiger partial charge in [-0.15, -0.1) is 0 Å². The summed E-state index contributed by atoms with van der Waals surface area (Å²) >= 11 is 0. The van der Waals surface area contributed by atoms with E-state index >= 15 is 0 Å². The van der Waals surface area contributed by atoms with Crippen molar-refractivity contribution < 1.29 is 23.8 Å². The number of benzene rings is 2. The van der Waals surface area contributed by atoms with Gasteiger partial charge in [0.15, 0.2) is 6.10 Å². The lowest BCUT2D eigenvalue weighted by molar-refractivity contribution is 0.00873. The van der Waals surface area contributed by atoms with Gasteiger partial charge in [-0.3, -0.25) is 5.32 Å². The molecule has 3 N–H and O–H groups in total. The zero-order valence-corrected chi connectivity index (χ0v) is 20.0. The van der Waals surface area contributed by atoms with Crippen LogP contribution in [0.1, 0.15) is 50.7 Å². The van der Waals surface area contributed by atoms with Crippen LogP contribution in [0.4, 0.5) is 21.0 Å². The molecule has 8 heteroatoms. The summed E-state index contributed by atoms with van der Waals surface area (Å²) in [5.41, 5.74) is 3.78. The Morgan fingerprint density at radius 2 is 1.32 bits per heavy atom. The van der Waals surface area contributed by atoms with Gasteiger partial charge in [0.25, 0.3) is 0 Å². The molecule has 182 valence electrons. The summed E-state index contributed by atoms with van der Waals surface area (Å²) in [5, 5.41) is 8.49. The Morgan fingerprint density at radius 1 is 0.794 bits per heavy atom. The highest BCUT2D eigenvalue weighted by Crippen LogP contribution is 2.29. The predicted octanol–water partition coefficient (Wildman–Crippen LogP) is 4.84. The van der Waals surface area contributed by atoms with Gasteiger partial charge in [-0.25, -0.2) is 9.59 Å². The van der Waals surface area contributed by atoms with Crippen LogP contribution >= 0.6 is 0 Å². The molecule has 0 aliphatic carbocycles. The lowest BCUT2D eigenvalue weighted by Gasteiger charge is -2.18. The van der Waals surface area contributed by atoms with Crippen LogP contribution in [0.15, 0.2) is 48.5 Å². The van der Waals surface area contributed by atoms with Crippen molar-refractivity contribution in [2.75, 3.05) is 23.8 Å². The van der Waals surface area contributed by atoms with E-state index in [1.807, 2.05) is 48.5 Å². The van der Waals surface area contributed by atoms with E-state index in [0.29, 0.717) is 23.2 Å². The van der Waals surface area contributed by atoms with Crippen LogP contribution in [0.3, 0.4) is 0 Å². The Labute approximate surface area is 200 Å². The molecular weight excluding hydrogens is 434 g/mol. The minimum Gasteiger partial charge on any atom is -0.441 e. The topological polar surface area (TPSA) is 97.9 Å². The number of carbonyl (C=O) groups is 2. The number of amides is 3. The molecule has 2 aliphatic rings. The molecule has 8 nitrogen and oxygen atoms in total. The molecule has 0 spiro atoms. The maximum absolute atomic E-state index is 12.5. The Hall–Kier alpha value is -3.10. The van der Waals surface area contributed by atoms with Crippen LogP contribution < -0.4 is 16.0 Å². The monoisotopic (exact) mass is 467 g/mol. The molecule has 2 aromatic rings. The van der Waals surface area contributed by atoms with E-state index in [0.717, 1.165) is 0 Å². The van der Waals surface area contributed by atoms with Crippen molar-refractivity contribution in [3.8, 4) is 0 Å². The third-order valence-electron chi connectivity index (χ3n) is 6.24. The number of hydrogen-bond donors (Lipinski definition) is 3. The fraction of sp³-hybridized carbons (Fsp3) is 0.462. The highest BCUT2D eigenvalue weighted by molar-refractivity contribution is 5.89. The van der Waals surface area contributed by atoms with E-state index in [1.54, 1.807) is 0 Å². The molecule has 0 unspecified atom stereocenters. The van der Waals surface area contributed by atoms with Gasteiger partial charge in [0.1, 0.15) is 12.2 Å². The van der Waals surface area contributed by atoms with Crippen LogP contribution in [-0.4, -0.2) is 49.7 Å². The zero-order chi connectivity index (χ0) is 24.2. The maximum Gasteiger partial charge on any atom is 0.412 e. The molecule has 0 saturated carbocycles. The van der Waals surface area contributed by atoms with Crippen molar-refractivity contribution >= 4 is 23.5 Å². The smallest absolute Gasteiger partial charge is 0.412 e. The first kappa shape index (κ1) is 24.0. The molecule has 0 bridgehead atoms. The van der Waals surface area contributed by atoms with Gasteiger partial charge in [0.2, 0.25) is 0 Å². The predicted molar refractivity (Wildman–Crippen MR) is 130 cm³/mol. The molecule has 3 amide bonds. The van der Waals surface area contributed by atoms with Gasteiger partial charge in [-0.1, -0.05) is 52.0 Å². The van der Waals surface area contributed by atoms with Gasteiger partial charge in [0, 0.05) is 11.4 Å². The quantitative estimate of drug-likeness (QED) is 0.565. The fourth-order valence-corrected chi connectivity index (χ4v) is 4.21. The van der Waals surface area contributed by atoms with Crippen molar-refractivity contribution in [1.29, 1.82) is 0 Å². The lowest BCUT2D eigenvalue weighted by Crippen LogP contribution is -2.46. The standard InChI is InChI=1S/C26H33N3O5/c1-15(2)17-5-9-19(10-6-17)27-25(30)29-21-13-32-24-22(14-33-23(21)24)34-26(31)28-20-11-7-18(8-12-20)16(3)4/h5-12,15-16,21-24H,13-14H2,1-4H3,(H,28,31)(H2,27,29,30)/t21-,22-,23-,24+/m1/s1. The summed E-state index contributed by atoms with van der Waals surface area (Å²) < 4.78 is 17.2. The van der Waals surface area contributed by atoms with E-state index in [-0.39, 0.29) is 31.4 Å². The average molecular weight is 468 g/mol. The number of rotatable bonds is 6. The first-order chi connectivity index (χ1) is 16.3. The molecule has 2 heterocycles. The second kappa shape index (κ2) is 10.4. The van der Waals surface area contributed by atoms with Gasteiger partial charge in [-0.2, -0.15) is 0 Å². The van der Waals surface area contributed by atoms with E-state index in [9.17, 15) is 9.59 Å². The first-order valence-corrected chi connectivity index (χ1v) is 11.8. The molecule has 2 fully saturated rings. The first-order valence-electron chi connectivity index (χ1n) is 11.8. The normalized spacial score (nSPS) is 23.6. The summed E-state index contributed by atoms with van der Waals surface area (Å²) in [6.07, 6.45) is -1.91. The van der Waals surface area contributed by atoms with E-state index in [2.05, 4.69) is 43.6 Å². The lowest BCUT2D eigenvalue weighted by atomic mass is 10.0. The number of ether oxygens (including phenoxy) is 3. The molecule has 34 heavy (non-hydrogen) atoms. The molecule has 2 aliphatic heterocycles. The van der Waals surface area contributed by atoms with E-state index in [4.69, 9.17) is 14.2 Å². The van der Waals surface area contributed by atoms with Crippen molar-refractivity contribution in [3.63, 3.8) is 0 Å². The van der Waals surface area contributed by atoms with Crippen molar-refractivity contribution in [2.45, 2.75) is 63.9 Å². The minimum atomic E-state index is -0.561. The van der Waals surface area contributed by atoms with Gasteiger partial charge in [0.05, 0.1) is 19.3 Å². The third-order valence-corrected chi connectivity index (χ3v) is 6.24. The molecule has 0 radical (unpaired) electrons. The van der Waals surface area contributed by atoms with Crippen LogP contribution in [0.5, 0.6) is 0 Å². The number of hydrogen-bond acceptors (Lipinski definition) is 5. The zero-order valence-electron chi connectivity index (χ0n) is 20.0. The average Bonchev–Trinajstić information content (AvgIpc) is 3.38. The summed E-state index contributed by atoms with van der Waals surface area (Å²) in [4.78, 5) is 24.9. The Kier molecular flexibility index (Phi) is 7.38. The van der Waals surface area contributed by atoms with Crippen LogP contribution in [0, 0.1) is 0 Å². The highest BCUT2D eigenvalue weighted by Gasteiger charge is 2.50. The Bertz CT molecular complexity index is 909. The minimum absolute atomic E-state index is 0.214. The Balaban J connectivity index is 1.25. The summed E-state index contributed by atoms with van der Waals surface area (Å²) in [6.45, 7) is 8.98. The molecule has 2 saturated heterocycles. The number of carbonyl (C=O) groups excluding carboxylic acids is 2. The number of anilines is 2. The van der Waals surface area contributed by atoms with E-state index in [1.165, 1.54) is 11.1 Å². The number of fused-ring (bicyclic) bond motifs is 1. The van der Waals surface area contributed by atoms with E-state index < -0.39 is 18.3 Å². The molecule has 2 aromatic carbocycles. The van der Waals surface area contributed by atoms with Gasteiger partial charge >= 0.3 is 12.1 Å². The number of nitrogens with one attached hydrogen (secondary N) is 3. The summed E-state index contributed by atoms with van der Waals surface area (Å²) in [7, 11) is 0. The van der Waals surface area contributed by atoms with Crippen LogP contribution in [0.25, 0.3) is 0 Å². The molecule has 4 atom stereocenters. The maximum atomic E-state index is 12.5. The highest BCUT2D eigenvalue weighted by atomic mass is 16.6. The number of urea groups is 1. The Morgan fingerprint density at radius 3 is 1.88 bits per heavy atom. The molecule has 0 aromatic heterocycles. The molecular formula is C26H33N3O5. The van der Waals surface area contributed by atoms with Crippen molar-refractivity contribution in [1.82, 2.24) is 5.32 Å². The van der Waals surface area contributed by atoms with Crippen LogP contribution in [-0.2, 0) is 14.2 Å². The van der Waals surface area contributed by atoms with Crippen LogP contribution in [0.2, 0.25) is 0 Å². The van der Waals surface area contributed by atoms with Crippen molar-refractivity contribution in [2.24, 2.45) is 0 Å². The van der Waals surface area contributed by atoms with Gasteiger partial charge in [-0.05, 0) is 47.2 Å². The largest absolute Gasteiger partial charge is 0.441 e. The molecule has 4 rings (SSSR count). The third kappa shape index (κ3) is 5.69. The summed E-state index contributed by atoms with van der Waals surface area (Å²) in [6, 6.07) is 14.8. The SMILES string of the molecule is CC(C)c1ccc(NC(=O)N[C@@H]2CO[C@@H]3[C@@H]2OC[C@H]3OC(=O)Nc2ccc(C(C)C)cc2)cc1. The summed E-state index contributed by atoms with van der Waals surface area (Å²) in [5.74, 6) is 0.847. The second-order valence-corrected chi connectivity index (χ2v) is 9.42. The van der Waals surface area contributed by atoms with Gasteiger partial charge < -0.3 is 24.8 Å². The van der Waals surface area contributed by atoms with Crippen molar-refractivity contribution in [3.05, 3.63) is 59.7 Å². The fourth-order valence-electron chi connectivity index (χ4n) is 4.21.